The van der Waals surface area contributed by atoms with Gasteiger partial charge < -0.3 is 39.4 Å². The summed E-state index contributed by atoms with van der Waals surface area (Å²) in [6.07, 6.45) is 44.9. The molecule has 0 aromatic carbocycles. The molecule has 0 spiro atoms. The second-order valence-corrected chi connectivity index (χ2v) is 15.5. The molecule has 0 radical (unpaired) electrons. The van der Waals surface area contributed by atoms with Gasteiger partial charge >= 0.3 is 5.97 Å². The van der Waals surface area contributed by atoms with Gasteiger partial charge in [-0.05, 0) is 83.5 Å². The number of carbonyl (C=O) groups excluding carboxylic acids is 1. The molecule has 0 aliphatic carbocycles. The fourth-order valence-corrected chi connectivity index (χ4v) is 6.51. The van der Waals surface area contributed by atoms with Crippen molar-refractivity contribution >= 4 is 5.97 Å². The van der Waals surface area contributed by atoms with Crippen molar-refractivity contribution in [3.8, 4) is 0 Å². The zero-order valence-corrected chi connectivity index (χ0v) is 36.5. The van der Waals surface area contributed by atoms with Crippen molar-refractivity contribution in [2.75, 3.05) is 26.4 Å². The van der Waals surface area contributed by atoms with Gasteiger partial charge in [0.15, 0.2) is 6.29 Å². The van der Waals surface area contributed by atoms with Gasteiger partial charge in [-0.3, -0.25) is 4.79 Å². The monoisotopic (exact) mass is 817 g/mol. The normalized spacial score (nSPS) is 21.0. The summed E-state index contributed by atoms with van der Waals surface area (Å²) in [6.45, 7) is 4.37. The molecule has 0 aromatic heterocycles. The van der Waals surface area contributed by atoms with Crippen molar-refractivity contribution in [2.24, 2.45) is 0 Å². The van der Waals surface area contributed by atoms with Crippen LogP contribution in [-0.4, -0.2) is 89.6 Å². The number of carbonyl (C=O) groups is 1. The SMILES string of the molecule is CC/C=C\C/C=C\C/C=C\C/C=C\CCCCCCCCC(=O)OC(COCCCCCCCC/C=C\C/C=C\CCCCC)COC1OC(CO)C(O)C(O)C1O. The van der Waals surface area contributed by atoms with Gasteiger partial charge in [-0.1, -0.05) is 151 Å². The fourth-order valence-electron chi connectivity index (χ4n) is 6.51. The van der Waals surface area contributed by atoms with Crippen molar-refractivity contribution in [1.82, 2.24) is 0 Å². The third-order valence-corrected chi connectivity index (χ3v) is 10.1. The van der Waals surface area contributed by atoms with Crippen molar-refractivity contribution in [3.05, 3.63) is 72.9 Å². The Morgan fingerprint density at radius 1 is 0.569 bits per heavy atom. The summed E-state index contributed by atoms with van der Waals surface area (Å²) in [7, 11) is 0. The van der Waals surface area contributed by atoms with Crippen LogP contribution in [0.5, 0.6) is 0 Å². The number of unbranched alkanes of at least 4 members (excludes halogenated alkanes) is 15. The molecule has 6 unspecified atom stereocenters. The molecule has 1 fully saturated rings. The Balaban J connectivity index is 2.28. The Bertz CT molecular complexity index is 1110. The third kappa shape index (κ3) is 30.6. The fraction of sp³-hybridized carbons (Fsp3) is 0.735. The number of aliphatic hydroxyl groups is 4. The van der Waals surface area contributed by atoms with Crippen LogP contribution in [0.1, 0.15) is 168 Å². The second kappa shape index (κ2) is 40.1. The van der Waals surface area contributed by atoms with Gasteiger partial charge in [-0.25, -0.2) is 0 Å². The Morgan fingerprint density at radius 2 is 1.05 bits per heavy atom. The van der Waals surface area contributed by atoms with Crippen LogP contribution in [0.2, 0.25) is 0 Å². The van der Waals surface area contributed by atoms with Gasteiger partial charge in [-0.2, -0.15) is 0 Å². The van der Waals surface area contributed by atoms with Gasteiger partial charge in [0.1, 0.15) is 30.5 Å². The van der Waals surface area contributed by atoms with Crippen LogP contribution in [0.4, 0.5) is 0 Å². The van der Waals surface area contributed by atoms with E-state index in [9.17, 15) is 25.2 Å². The summed E-state index contributed by atoms with van der Waals surface area (Å²) in [5.41, 5.74) is 0. The van der Waals surface area contributed by atoms with Gasteiger partial charge in [0, 0.05) is 13.0 Å². The lowest BCUT2D eigenvalue weighted by Crippen LogP contribution is -2.59. The topological polar surface area (TPSA) is 135 Å². The molecule has 1 aliphatic rings. The van der Waals surface area contributed by atoms with Crippen LogP contribution in [0.3, 0.4) is 0 Å². The number of hydrogen-bond donors (Lipinski definition) is 4. The minimum Gasteiger partial charge on any atom is -0.457 e. The van der Waals surface area contributed by atoms with E-state index in [2.05, 4.69) is 86.8 Å². The van der Waals surface area contributed by atoms with Crippen molar-refractivity contribution in [2.45, 2.75) is 205 Å². The van der Waals surface area contributed by atoms with E-state index in [4.69, 9.17) is 18.9 Å². The molecule has 4 N–H and O–H groups in total. The van der Waals surface area contributed by atoms with E-state index in [1.807, 2.05) is 0 Å². The maximum Gasteiger partial charge on any atom is 0.306 e. The Kier molecular flexibility index (Phi) is 37.1. The summed E-state index contributed by atoms with van der Waals surface area (Å²) in [5, 5.41) is 40.1. The summed E-state index contributed by atoms with van der Waals surface area (Å²) in [5.74, 6) is -0.334. The van der Waals surface area contributed by atoms with Crippen LogP contribution >= 0.6 is 0 Å². The minimum absolute atomic E-state index is 0.128. The highest BCUT2D eigenvalue weighted by Gasteiger charge is 2.44. The molecule has 1 aliphatic heterocycles. The average Bonchev–Trinajstić information content (AvgIpc) is 3.22. The van der Waals surface area contributed by atoms with Crippen molar-refractivity contribution in [3.63, 3.8) is 0 Å². The summed E-state index contributed by atoms with van der Waals surface area (Å²) < 4.78 is 22.8. The number of allylic oxidation sites excluding steroid dienone is 12. The first-order chi connectivity index (χ1) is 28.4. The van der Waals surface area contributed by atoms with E-state index in [1.165, 1.54) is 57.8 Å². The number of aliphatic hydroxyl groups excluding tert-OH is 4. The molecule has 58 heavy (non-hydrogen) atoms. The maximum absolute atomic E-state index is 12.8. The molecule has 9 heteroatoms. The number of ether oxygens (including phenoxy) is 4. The summed E-state index contributed by atoms with van der Waals surface area (Å²) in [4.78, 5) is 12.8. The van der Waals surface area contributed by atoms with Crippen molar-refractivity contribution in [1.29, 1.82) is 0 Å². The largest absolute Gasteiger partial charge is 0.457 e. The highest BCUT2D eigenvalue weighted by molar-refractivity contribution is 5.69. The Morgan fingerprint density at radius 3 is 1.59 bits per heavy atom. The van der Waals surface area contributed by atoms with Gasteiger partial charge in [-0.15, -0.1) is 0 Å². The molecule has 334 valence electrons. The molecule has 1 heterocycles. The first-order valence-electron chi connectivity index (χ1n) is 23.0. The maximum atomic E-state index is 12.8. The van der Waals surface area contributed by atoms with Crippen LogP contribution in [-0.2, 0) is 23.7 Å². The molecule has 1 rings (SSSR count). The molecule has 9 nitrogen and oxygen atoms in total. The van der Waals surface area contributed by atoms with E-state index in [1.54, 1.807) is 0 Å². The van der Waals surface area contributed by atoms with Crippen LogP contribution in [0, 0.1) is 0 Å². The Hall–Kier alpha value is -2.37. The zero-order chi connectivity index (χ0) is 42.2. The predicted octanol–water partition coefficient (Wildman–Crippen LogP) is 10.5. The van der Waals surface area contributed by atoms with E-state index >= 15 is 0 Å². The van der Waals surface area contributed by atoms with E-state index in [0.29, 0.717) is 13.0 Å². The molecule has 0 saturated carbocycles. The van der Waals surface area contributed by atoms with Crippen LogP contribution in [0.15, 0.2) is 72.9 Å². The lowest BCUT2D eigenvalue weighted by molar-refractivity contribution is -0.305. The van der Waals surface area contributed by atoms with E-state index in [-0.39, 0.29) is 19.2 Å². The first-order valence-corrected chi connectivity index (χ1v) is 23.0. The molecule has 0 aromatic rings. The smallest absolute Gasteiger partial charge is 0.306 e. The summed E-state index contributed by atoms with van der Waals surface area (Å²) in [6, 6.07) is 0. The lowest BCUT2D eigenvalue weighted by atomic mass is 9.99. The highest BCUT2D eigenvalue weighted by Crippen LogP contribution is 2.22. The van der Waals surface area contributed by atoms with Crippen molar-refractivity contribution < 1.29 is 44.2 Å². The molecule has 6 atom stereocenters. The summed E-state index contributed by atoms with van der Waals surface area (Å²) >= 11 is 0. The van der Waals surface area contributed by atoms with Crippen LogP contribution < -0.4 is 0 Å². The second-order valence-electron chi connectivity index (χ2n) is 15.5. The van der Waals surface area contributed by atoms with Gasteiger partial charge in [0.2, 0.25) is 0 Å². The number of hydrogen-bond acceptors (Lipinski definition) is 9. The zero-order valence-electron chi connectivity index (χ0n) is 36.5. The quantitative estimate of drug-likeness (QED) is 0.0273. The van der Waals surface area contributed by atoms with Gasteiger partial charge in [0.05, 0.1) is 19.8 Å². The average molecular weight is 817 g/mol. The standard InChI is InChI=1S/C49H84O9/c1-3-5-7-9-11-13-15-17-19-21-22-23-24-26-28-30-32-34-36-38-45(51)57-43(42-56-49-48(54)47(53)46(52)44(40-50)58-49)41-55-39-37-35-33-31-29-27-25-20-18-16-14-12-10-8-6-4-2/h5,7,11-14,17-20,22-23,43-44,46-50,52-54H,3-4,6,8-10,15-16,21,24-42H2,1-2H3/b7-5-,13-11-,14-12-,19-17-,20-18-,23-22-. The van der Waals surface area contributed by atoms with E-state index in [0.717, 1.165) is 89.9 Å². The minimum atomic E-state index is -1.54. The molecule has 0 bridgehead atoms. The number of esters is 1. The molecule has 0 amide bonds. The highest BCUT2D eigenvalue weighted by atomic mass is 16.7. The van der Waals surface area contributed by atoms with E-state index < -0.39 is 43.4 Å². The first kappa shape index (κ1) is 53.6. The van der Waals surface area contributed by atoms with Gasteiger partial charge in [0.25, 0.3) is 0 Å². The van der Waals surface area contributed by atoms with Crippen LogP contribution in [0.25, 0.3) is 0 Å². The molecular formula is C49H84O9. The third-order valence-electron chi connectivity index (χ3n) is 10.1. The number of rotatable bonds is 38. The predicted molar refractivity (Wildman–Crippen MR) is 237 cm³/mol. The molecule has 1 saturated heterocycles. The molecular weight excluding hydrogens is 733 g/mol. The Labute approximate surface area is 353 Å². The lowest BCUT2D eigenvalue weighted by Gasteiger charge is -2.39.